The number of methoxy groups -OCH3 is 1. The van der Waals surface area contributed by atoms with Gasteiger partial charge in [-0.15, -0.1) is 0 Å². The molecule has 1 atom stereocenters. The number of hydrogen-bond acceptors (Lipinski definition) is 4. The normalized spacial score (nSPS) is 27.9. The predicted molar refractivity (Wildman–Crippen MR) is 43.4 cm³/mol. The molecule has 0 spiro atoms. The Hall–Kier alpha value is -0.580. The molecule has 4 nitrogen and oxygen atoms in total. The molecule has 1 saturated heterocycles. The van der Waals surface area contributed by atoms with E-state index in [-0.39, 0.29) is 5.75 Å². The molecule has 1 aliphatic heterocycles. The first-order chi connectivity index (χ1) is 5.58. The van der Waals surface area contributed by atoms with Gasteiger partial charge in [-0.05, 0) is 12.8 Å². The van der Waals surface area contributed by atoms with Crippen LogP contribution in [-0.4, -0.2) is 32.5 Å². The summed E-state index contributed by atoms with van der Waals surface area (Å²) in [6.45, 7) is 0. The third-order valence-electron chi connectivity index (χ3n) is 2.04. The standard InChI is InChI=1S/C7H12O4S/c1-11-7(8)6-4-2-3-5-12(6,9)10/h6H,2-5H2,1H3. The maximum atomic E-state index is 11.3. The van der Waals surface area contributed by atoms with E-state index < -0.39 is 21.1 Å². The average Bonchev–Trinajstić information content (AvgIpc) is 2.02. The average molecular weight is 192 g/mol. The maximum Gasteiger partial charge on any atom is 0.324 e. The van der Waals surface area contributed by atoms with Gasteiger partial charge in [-0.3, -0.25) is 4.79 Å². The van der Waals surface area contributed by atoms with Crippen LogP contribution in [0.2, 0.25) is 0 Å². The number of esters is 1. The molecule has 12 heavy (non-hydrogen) atoms. The Morgan fingerprint density at radius 1 is 1.42 bits per heavy atom. The minimum Gasteiger partial charge on any atom is -0.468 e. The number of carbonyl (C=O) groups excluding carboxylic acids is 1. The molecule has 0 aromatic rings. The van der Waals surface area contributed by atoms with Crippen molar-refractivity contribution in [2.45, 2.75) is 24.5 Å². The van der Waals surface area contributed by atoms with Gasteiger partial charge in [-0.25, -0.2) is 8.42 Å². The molecule has 1 aliphatic rings. The fourth-order valence-electron chi connectivity index (χ4n) is 1.35. The zero-order valence-corrected chi connectivity index (χ0v) is 7.76. The largest absolute Gasteiger partial charge is 0.468 e. The third-order valence-corrected chi connectivity index (χ3v) is 4.20. The van der Waals surface area contributed by atoms with Crippen molar-refractivity contribution < 1.29 is 17.9 Å². The van der Waals surface area contributed by atoms with E-state index in [1.807, 2.05) is 0 Å². The summed E-state index contributed by atoms with van der Waals surface area (Å²) in [4.78, 5) is 11.0. The molecule has 0 amide bonds. The van der Waals surface area contributed by atoms with Crippen LogP contribution < -0.4 is 0 Å². The quantitative estimate of drug-likeness (QED) is 0.554. The van der Waals surface area contributed by atoms with E-state index in [9.17, 15) is 13.2 Å². The monoisotopic (exact) mass is 192 g/mol. The lowest BCUT2D eigenvalue weighted by atomic mass is 10.2. The zero-order chi connectivity index (χ0) is 9.19. The van der Waals surface area contributed by atoms with Gasteiger partial charge in [0.1, 0.15) is 0 Å². The van der Waals surface area contributed by atoms with Gasteiger partial charge < -0.3 is 4.74 Å². The number of carbonyl (C=O) groups is 1. The Labute approximate surface area is 71.8 Å². The summed E-state index contributed by atoms with van der Waals surface area (Å²) in [5, 5.41) is -0.906. The molecule has 5 heteroatoms. The molecule has 1 fully saturated rings. The second kappa shape index (κ2) is 3.43. The van der Waals surface area contributed by atoms with Gasteiger partial charge in [0.15, 0.2) is 15.1 Å². The van der Waals surface area contributed by atoms with Crippen molar-refractivity contribution >= 4 is 15.8 Å². The Morgan fingerprint density at radius 3 is 2.58 bits per heavy atom. The Morgan fingerprint density at radius 2 is 2.08 bits per heavy atom. The number of rotatable bonds is 1. The molecule has 0 aromatic heterocycles. The van der Waals surface area contributed by atoms with Gasteiger partial charge in [0.25, 0.3) is 0 Å². The van der Waals surface area contributed by atoms with Crippen molar-refractivity contribution in [1.29, 1.82) is 0 Å². The highest BCUT2D eigenvalue weighted by atomic mass is 32.2. The zero-order valence-electron chi connectivity index (χ0n) is 6.95. The van der Waals surface area contributed by atoms with Crippen molar-refractivity contribution in [2.75, 3.05) is 12.9 Å². The Kier molecular flexibility index (Phi) is 2.72. The van der Waals surface area contributed by atoms with E-state index in [0.29, 0.717) is 12.8 Å². The van der Waals surface area contributed by atoms with Gasteiger partial charge in [0, 0.05) is 0 Å². The van der Waals surface area contributed by atoms with Crippen molar-refractivity contribution in [1.82, 2.24) is 0 Å². The molecule has 1 rings (SSSR count). The van der Waals surface area contributed by atoms with E-state index >= 15 is 0 Å². The second-order valence-corrected chi connectivity index (χ2v) is 5.18. The van der Waals surface area contributed by atoms with Crippen LogP contribution in [0.25, 0.3) is 0 Å². The van der Waals surface area contributed by atoms with Crippen molar-refractivity contribution in [2.24, 2.45) is 0 Å². The molecule has 0 aromatic carbocycles. The van der Waals surface area contributed by atoms with E-state index in [1.54, 1.807) is 0 Å². The van der Waals surface area contributed by atoms with Crippen LogP contribution in [-0.2, 0) is 19.4 Å². The molecular weight excluding hydrogens is 180 g/mol. The minimum absolute atomic E-state index is 0.118. The lowest BCUT2D eigenvalue weighted by Crippen LogP contribution is -2.36. The topological polar surface area (TPSA) is 60.4 Å². The fraction of sp³-hybridized carbons (Fsp3) is 0.857. The molecule has 70 valence electrons. The summed E-state index contributed by atoms with van der Waals surface area (Å²) >= 11 is 0. The first-order valence-electron chi connectivity index (χ1n) is 3.87. The van der Waals surface area contributed by atoms with Crippen LogP contribution in [0, 0.1) is 0 Å². The van der Waals surface area contributed by atoms with Gasteiger partial charge in [0.2, 0.25) is 0 Å². The highest BCUT2D eigenvalue weighted by molar-refractivity contribution is 7.92. The Balaban J connectivity index is 2.80. The molecule has 1 unspecified atom stereocenters. The first-order valence-corrected chi connectivity index (χ1v) is 5.59. The summed E-state index contributed by atoms with van der Waals surface area (Å²) in [6, 6.07) is 0. The van der Waals surface area contributed by atoms with Crippen LogP contribution in [0.4, 0.5) is 0 Å². The summed E-state index contributed by atoms with van der Waals surface area (Å²) in [5.41, 5.74) is 0. The Bertz CT molecular complexity index is 267. The molecule has 0 N–H and O–H groups in total. The van der Waals surface area contributed by atoms with Crippen molar-refractivity contribution in [3.05, 3.63) is 0 Å². The minimum atomic E-state index is -3.21. The number of ether oxygens (including phenoxy) is 1. The molecule has 1 heterocycles. The number of hydrogen-bond donors (Lipinski definition) is 0. The summed E-state index contributed by atoms with van der Waals surface area (Å²) in [5.74, 6) is -0.498. The van der Waals surface area contributed by atoms with Gasteiger partial charge in [-0.2, -0.15) is 0 Å². The first kappa shape index (κ1) is 9.51. The van der Waals surface area contributed by atoms with Crippen LogP contribution in [0.5, 0.6) is 0 Å². The van der Waals surface area contributed by atoms with Crippen LogP contribution in [0.15, 0.2) is 0 Å². The van der Waals surface area contributed by atoms with Gasteiger partial charge >= 0.3 is 5.97 Å². The van der Waals surface area contributed by atoms with Crippen molar-refractivity contribution in [3.8, 4) is 0 Å². The van der Waals surface area contributed by atoms with Crippen LogP contribution in [0.1, 0.15) is 19.3 Å². The highest BCUT2D eigenvalue weighted by Crippen LogP contribution is 2.20. The molecule has 0 bridgehead atoms. The van der Waals surface area contributed by atoms with Crippen LogP contribution >= 0.6 is 0 Å². The summed E-state index contributed by atoms with van der Waals surface area (Å²) < 4.78 is 27.0. The number of sulfone groups is 1. The summed E-state index contributed by atoms with van der Waals surface area (Å²) in [6.07, 6.45) is 1.86. The maximum absolute atomic E-state index is 11.3. The van der Waals surface area contributed by atoms with E-state index in [1.165, 1.54) is 7.11 Å². The lowest BCUT2D eigenvalue weighted by molar-refractivity contribution is -0.140. The smallest absolute Gasteiger partial charge is 0.324 e. The van der Waals surface area contributed by atoms with Gasteiger partial charge in [-0.1, -0.05) is 6.42 Å². The highest BCUT2D eigenvalue weighted by Gasteiger charge is 2.35. The SMILES string of the molecule is COC(=O)C1CCCCS1(=O)=O. The lowest BCUT2D eigenvalue weighted by Gasteiger charge is -2.19. The fourth-order valence-corrected chi connectivity index (χ4v) is 3.16. The van der Waals surface area contributed by atoms with Crippen molar-refractivity contribution in [3.63, 3.8) is 0 Å². The summed E-state index contributed by atoms with van der Waals surface area (Å²) in [7, 11) is -1.99. The molecule has 0 radical (unpaired) electrons. The molecule has 0 aliphatic carbocycles. The molecular formula is C7H12O4S. The second-order valence-electron chi connectivity index (χ2n) is 2.87. The predicted octanol–water partition coefficient (Wildman–Crippen LogP) is 0.127. The molecule has 0 saturated carbocycles. The van der Waals surface area contributed by atoms with Gasteiger partial charge in [0.05, 0.1) is 12.9 Å². The van der Waals surface area contributed by atoms with E-state index in [2.05, 4.69) is 4.74 Å². The van der Waals surface area contributed by atoms with Crippen LogP contribution in [0.3, 0.4) is 0 Å². The van der Waals surface area contributed by atoms with E-state index in [0.717, 1.165) is 6.42 Å². The third kappa shape index (κ3) is 1.77. The van der Waals surface area contributed by atoms with E-state index in [4.69, 9.17) is 0 Å².